The van der Waals surface area contributed by atoms with Gasteiger partial charge in [-0.25, -0.2) is 0 Å². The molecule has 0 bridgehead atoms. The van der Waals surface area contributed by atoms with Gasteiger partial charge in [-0.3, -0.25) is 14.4 Å². The van der Waals surface area contributed by atoms with Gasteiger partial charge in [-0.05, 0) is 18.6 Å². The molecule has 0 spiro atoms. The fourth-order valence-corrected chi connectivity index (χ4v) is 1.78. The molecule has 0 aromatic carbocycles. The predicted molar refractivity (Wildman–Crippen MR) is 67.1 cm³/mol. The number of pyridine rings is 1. The van der Waals surface area contributed by atoms with Crippen molar-refractivity contribution in [3.05, 3.63) is 57.4 Å². The Bertz CT molecular complexity index is 683. The molecule has 2 heterocycles. The van der Waals surface area contributed by atoms with E-state index in [1.54, 1.807) is 6.92 Å². The summed E-state index contributed by atoms with van der Waals surface area (Å²) >= 11 is 0. The highest BCUT2D eigenvalue weighted by Gasteiger charge is 2.18. The lowest BCUT2D eigenvalue weighted by molar-refractivity contribution is 0.0999. The van der Waals surface area contributed by atoms with Gasteiger partial charge in [0.15, 0.2) is 5.78 Å². The van der Waals surface area contributed by atoms with Crippen LogP contribution in [0.15, 0.2) is 33.9 Å². The van der Waals surface area contributed by atoms with Gasteiger partial charge in [-0.1, -0.05) is 6.92 Å². The molecule has 0 fully saturated rings. The summed E-state index contributed by atoms with van der Waals surface area (Å²) in [6.07, 6.45) is 3.13. The van der Waals surface area contributed by atoms with E-state index in [1.807, 2.05) is 0 Å². The number of ketones is 1. The fraction of sp³-hybridized carbons (Fsp3) is 0.154. The third-order valence-electron chi connectivity index (χ3n) is 2.77. The Labute approximate surface area is 108 Å². The van der Waals surface area contributed by atoms with Crippen molar-refractivity contribution < 1.29 is 14.0 Å². The van der Waals surface area contributed by atoms with Crippen LogP contribution < -0.4 is 11.3 Å². The van der Waals surface area contributed by atoms with Gasteiger partial charge in [0.05, 0.1) is 11.8 Å². The van der Waals surface area contributed by atoms with Crippen molar-refractivity contribution in [2.75, 3.05) is 0 Å². The molecule has 0 saturated carbocycles. The number of nitrogens with one attached hydrogen (secondary N) is 1. The second-order valence-electron chi connectivity index (χ2n) is 3.96. The van der Waals surface area contributed by atoms with E-state index in [9.17, 15) is 14.4 Å². The zero-order valence-corrected chi connectivity index (χ0v) is 10.2. The number of primary amides is 1. The normalized spacial score (nSPS) is 10.4. The second kappa shape index (κ2) is 4.93. The van der Waals surface area contributed by atoms with Crippen LogP contribution in [-0.4, -0.2) is 16.7 Å². The number of aromatic amines is 1. The average Bonchev–Trinajstić information content (AvgIpc) is 2.90. The van der Waals surface area contributed by atoms with E-state index < -0.39 is 11.5 Å². The van der Waals surface area contributed by atoms with Crippen molar-refractivity contribution in [3.8, 4) is 0 Å². The smallest absolute Gasteiger partial charge is 0.261 e. The third-order valence-corrected chi connectivity index (χ3v) is 2.77. The van der Waals surface area contributed by atoms with E-state index in [1.165, 1.54) is 24.7 Å². The summed E-state index contributed by atoms with van der Waals surface area (Å²) in [6.45, 7) is 1.79. The van der Waals surface area contributed by atoms with Crippen LogP contribution in [0.25, 0.3) is 0 Å². The first-order valence-electron chi connectivity index (χ1n) is 5.67. The summed E-state index contributed by atoms with van der Waals surface area (Å²) in [7, 11) is 0. The van der Waals surface area contributed by atoms with Gasteiger partial charge in [0.2, 0.25) is 0 Å². The maximum absolute atomic E-state index is 12.2. The van der Waals surface area contributed by atoms with Gasteiger partial charge < -0.3 is 15.1 Å². The summed E-state index contributed by atoms with van der Waals surface area (Å²) in [5, 5.41) is 0. The molecule has 2 rings (SSSR count). The molecular weight excluding hydrogens is 248 g/mol. The van der Waals surface area contributed by atoms with Crippen molar-refractivity contribution in [2.24, 2.45) is 5.73 Å². The average molecular weight is 260 g/mol. The summed E-state index contributed by atoms with van der Waals surface area (Å²) in [4.78, 5) is 37.5. The number of aryl methyl sites for hydroxylation is 1. The van der Waals surface area contributed by atoms with Crippen LogP contribution in [0.1, 0.15) is 38.9 Å². The lowest BCUT2D eigenvalue weighted by Gasteiger charge is -2.07. The molecule has 6 nitrogen and oxygen atoms in total. The zero-order chi connectivity index (χ0) is 14.0. The van der Waals surface area contributed by atoms with Gasteiger partial charge in [0, 0.05) is 11.3 Å². The summed E-state index contributed by atoms with van der Waals surface area (Å²) < 4.78 is 4.85. The maximum Gasteiger partial charge on any atom is 0.261 e. The minimum atomic E-state index is -0.870. The molecule has 0 aliphatic heterocycles. The van der Waals surface area contributed by atoms with Crippen LogP contribution in [0.3, 0.4) is 0 Å². The Balaban J connectivity index is 2.61. The van der Waals surface area contributed by atoms with Crippen molar-refractivity contribution in [3.63, 3.8) is 0 Å². The molecule has 98 valence electrons. The van der Waals surface area contributed by atoms with Crippen LogP contribution in [0.2, 0.25) is 0 Å². The zero-order valence-electron chi connectivity index (χ0n) is 10.2. The number of carbonyl (C=O) groups is 2. The van der Waals surface area contributed by atoms with Gasteiger partial charge in [-0.2, -0.15) is 0 Å². The van der Waals surface area contributed by atoms with Crippen molar-refractivity contribution >= 4 is 11.7 Å². The van der Waals surface area contributed by atoms with E-state index in [0.29, 0.717) is 17.7 Å². The number of nitrogens with two attached hydrogens (primary N) is 1. The van der Waals surface area contributed by atoms with E-state index in [2.05, 4.69) is 4.98 Å². The van der Waals surface area contributed by atoms with Gasteiger partial charge in [-0.15, -0.1) is 0 Å². The van der Waals surface area contributed by atoms with E-state index in [-0.39, 0.29) is 16.9 Å². The van der Waals surface area contributed by atoms with Gasteiger partial charge >= 0.3 is 0 Å². The molecule has 2 aromatic rings. The fourth-order valence-electron chi connectivity index (χ4n) is 1.78. The molecule has 0 radical (unpaired) electrons. The first-order valence-corrected chi connectivity index (χ1v) is 5.67. The molecular formula is C13H12N2O4. The van der Waals surface area contributed by atoms with Crippen molar-refractivity contribution in [1.29, 1.82) is 0 Å². The number of hydrogen-bond acceptors (Lipinski definition) is 4. The molecule has 0 saturated heterocycles. The number of rotatable bonds is 4. The maximum atomic E-state index is 12.2. The minimum Gasteiger partial charge on any atom is -0.472 e. The number of H-pyrrole nitrogens is 1. The first kappa shape index (κ1) is 12.8. The quantitative estimate of drug-likeness (QED) is 0.795. The SMILES string of the molecule is CCc1[nH]c(=O)c(C(N)=O)cc1C(=O)c1ccoc1. The molecule has 1 amide bonds. The van der Waals surface area contributed by atoms with Crippen molar-refractivity contribution in [1.82, 2.24) is 4.98 Å². The van der Waals surface area contributed by atoms with E-state index >= 15 is 0 Å². The second-order valence-corrected chi connectivity index (χ2v) is 3.96. The van der Waals surface area contributed by atoms with E-state index in [0.717, 1.165) is 0 Å². The molecule has 19 heavy (non-hydrogen) atoms. The van der Waals surface area contributed by atoms with Crippen LogP contribution in [-0.2, 0) is 6.42 Å². The Hall–Kier alpha value is -2.63. The highest BCUT2D eigenvalue weighted by molar-refractivity contribution is 6.10. The predicted octanol–water partition coefficient (Wildman–Crippen LogP) is 0.860. The third kappa shape index (κ3) is 2.33. The Kier molecular flexibility index (Phi) is 3.33. The summed E-state index contributed by atoms with van der Waals surface area (Å²) in [5.41, 5.74) is 5.33. The number of carbonyl (C=O) groups excluding carboxylic acids is 2. The van der Waals surface area contributed by atoms with Crippen LogP contribution in [0.5, 0.6) is 0 Å². The number of furan rings is 1. The highest BCUT2D eigenvalue weighted by Crippen LogP contribution is 2.14. The Morgan fingerprint density at radius 3 is 2.63 bits per heavy atom. The van der Waals surface area contributed by atoms with Crippen LogP contribution in [0.4, 0.5) is 0 Å². The first-order chi connectivity index (χ1) is 9.04. The highest BCUT2D eigenvalue weighted by atomic mass is 16.3. The minimum absolute atomic E-state index is 0.232. The molecule has 0 aliphatic carbocycles. The molecule has 0 aliphatic rings. The monoisotopic (exact) mass is 260 g/mol. The van der Waals surface area contributed by atoms with Gasteiger partial charge in [0.1, 0.15) is 11.8 Å². The molecule has 3 N–H and O–H groups in total. The largest absolute Gasteiger partial charge is 0.472 e. The summed E-state index contributed by atoms with van der Waals surface area (Å²) in [6, 6.07) is 2.74. The topological polar surface area (TPSA) is 106 Å². The van der Waals surface area contributed by atoms with Gasteiger partial charge in [0.25, 0.3) is 11.5 Å². The van der Waals surface area contributed by atoms with E-state index in [4.69, 9.17) is 10.2 Å². The number of hydrogen-bond donors (Lipinski definition) is 2. The lowest BCUT2D eigenvalue weighted by atomic mass is 10.0. The summed E-state index contributed by atoms with van der Waals surface area (Å²) in [5.74, 6) is -1.20. The molecule has 6 heteroatoms. The van der Waals surface area contributed by atoms with Crippen LogP contribution >= 0.6 is 0 Å². The number of aromatic nitrogens is 1. The standard InChI is InChI=1S/C13H12N2O4/c1-2-10-8(11(16)7-3-4-19-6-7)5-9(12(14)17)13(18)15-10/h3-6H,2H2,1H3,(H2,14,17)(H,15,18). The molecule has 2 aromatic heterocycles. The molecule has 0 atom stereocenters. The number of amides is 1. The van der Waals surface area contributed by atoms with Crippen LogP contribution in [0, 0.1) is 0 Å². The Morgan fingerprint density at radius 2 is 2.11 bits per heavy atom. The van der Waals surface area contributed by atoms with Crippen molar-refractivity contribution in [2.45, 2.75) is 13.3 Å². The Morgan fingerprint density at radius 1 is 1.37 bits per heavy atom. The lowest BCUT2D eigenvalue weighted by Crippen LogP contribution is -2.26. The molecule has 0 unspecified atom stereocenters.